The van der Waals surface area contributed by atoms with Crippen LogP contribution in [0.4, 0.5) is 0 Å². The molecule has 114 valence electrons. The van der Waals surface area contributed by atoms with Gasteiger partial charge in [-0.2, -0.15) is 0 Å². The number of aromatic nitrogens is 1. The average Bonchev–Trinajstić information content (AvgIpc) is 2.92. The van der Waals surface area contributed by atoms with E-state index >= 15 is 0 Å². The summed E-state index contributed by atoms with van der Waals surface area (Å²) in [6, 6.07) is 10.1. The number of hydrogen-bond acceptors (Lipinski definition) is 4. The summed E-state index contributed by atoms with van der Waals surface area (Å²) in [7, 11) is 1.44. The molecule has 2 aromatic rings. The predicted octanol–water partition coefficient (Wildman–Crippen LogP) is 3.19. The molecule has 0 saturated heterocycles. The Labute approximate surface area is 129 Å². The number of para-hydroxylation sites is 1. The number of aromatic amines is 1. The molecule has 21 heavy (non-hydrogen) atoms. The molecule has 1 heterocycles. The molecule has 0 radical (unpaired) electrons. The monoisotopic (exact) mass is 306 g/mol. The van der Waals surface area contributed by atoms with Gasteiger partial charge in [-0.1, -0.05) is 25.1 Å². The van der Waals surface area contributed by atoms with Gasteiger partial charge in [-0.25, -0.2) is 0 Å². The van der Waals surface area contributed by atoms with Crippen molar-refractivity contribution in [1.29, 1.82) is 0 Å². The molecule has 0 bridgehead atoms. The van der Waals surface area contributed by atoms with Gasteiger partial charge in [0.2, 0.25) is 0 Å². The van der Waals surface area contributed by atoms with E-state index in [-0.39, 0.29) is 12.0 Å². The molecule has 0 aliphatic carbocycles. The molecule has 2 N–H and O–H groups in total. The second kappa shape index (κ2) is 8.10. The first-order chi connectivity index (χ1) is 10.2. The second-order valence-electron chi connectivity index (χ2n) is 4.89. The molecule has 5 heteroatoms. The van der Waals surface area contributed by atoms with Crippen LogP contribution in [0.1, 0.15) is 19.8 Å². The third-order valence-electron chi connectivity index (χ3n) is 3.30. The van der Waals surface area contributed by atoms with Gasteiger partial charge in [-0.3, -0.25) is 4.79 Å². The van der Waals surface area contributed by atoms with Crippen molar-refractivity contribution in [3.63, 3.8) is 0 Å². The van der Waals surface area contributed by atoms with Gasteiger partial charge >= 0.3 is 5.97 Å². The highest BCUT2D eigenvalue weighted by atomic mass is 32.2. The summed E-state index contributed by atoms with van der Waals surface area (Å²) < 4.78 is 4.84. The Balaban J connectivity index is 1.87. The number of esters is 1. The molecule has 1 atom stereocenters. The first-order valence-corrected chi connectivity index (χ1v) is 8.25. The molecule has 0 aliphatic rings. The van der Waals surface area contributed by atoms with E-state index in [0.29, 0.717) is 0 Å². The van der Waals surface area contributed by atoms with Crippen LogP contribution in [0.5, 0.6) is 0 Å². The minimum absolute atomic E-state index is 0.180. The lowest BCUT2D eigenvalue weighted by atomic mass is 10.2. The summed E-state index contributed by atoms with van der Waals surface area (Å²) in [5, 5.41) is 5.59. The van der Waals surface area contributed by atoms with Crippen LogP contribution in [0.2, 0.25) is 0 Å². The number of methoxy groups -OCH3 is 1. The fourth-order valence-electron chi connectivity index (χ4n) is 2.18. The summed E-state index contributed by atoms with van der Waals surface area (Å²) in [5.74, 6) is 0.684. The minimum Gasteiger partial charge on any atom is -0.468 e. The van der Waals surface area contributed by atoms with Crippen LogP contribution in [0, 0.1) is 0 Å². The van der Waals surface area contributed by atoms with Crippen LogP contribution in [0.25, 0.3) is 10.9 Å². The van der Waals surface area contributed by atoms with Gasteiger partial charge in [0.1, 0.15) is 6.04 Å². The number of nitrogens with one attached hydrogen (secondary N) is 2. The third-order valence-corrected chi connectivity index (χ3v) is 4.27. The van der Waals surface area contributed by atoms with Crippen molar-refractivity contribution in [2.45, 2.75) is 30.8 Å². The maximum Gasteiger partial charge on any atom is 0.322 e. The maximum absolute atomic E-state index is 11.7. The molecule has 1 unspecified atom stereocenters. The van der Waals surface area contributed by atoms with Gasteiger partial charge in [0.15, 0.2) is 0 Å². The molecule has 2 rings (SSSR count). The normalized spacial score (nSPS) is 12.5. The number of hydrogen-bond donors (Lipinski definition) is 2. The number of thioether (sulfide) groups is 1. The van der Waals surface area contributed by atoms with Crippen molar-refractivity contribution in [3.8, 4) is 0 Å². The highest BCUT2D eigenvalue weighted by Crippen LogP contribution is 2.23. The lowest BCUT2D eigenvalue weighted by Gasteiger charge is -2.15. The van der Waals surface area contributed by atoms with Crippen LogP contribution in [0.15, 0.2) is 35.4 Å². The summed E-state index contributed by atoms with van der Waals surface area (Å²) in [4.78, 5) is 15.1. The van der Waals surface area contributed by atoms with Crippen LogP contribution in [0.3, 0.4) is 0 Å². The van der Waals surface area contributed by atoms with Gasteiger partial charge in [0, 0.05) is 16.7 Å². The number of carbonyl (C=O) groups is 1. The van der Waals surface area contributed by atoms with E-state index < -0.39 is 0 Å². The fraction of sp³-hybridized carbons (Fsp3) is 0.438. The molecule has 0 spiro atoms. The zero-order valence-corrected chi connectivity index (χ0v) is 13.3. The average molecular weight is 306 g/mol. The predicted molar refractivity (Wildman–Crippen MR) is 87.7 cm³/mol. The summed E-state index contributed by atoms with van der Waals surface area (Å²) in [5.41, 5.74) is 1.15. The van der Waals surface area contributed by atoms with Crippen LogP contribution in [-0.2, 0) is 9.53 Å². The Bertz CT molecular complexity index is 549. The van der Waals surface area contributed by atoms with Crippen molar-refractivity contribution in [1.82, 2.24) is 10.3 Å². The number of fused-ring (bicyclic) bond motifs is 1. The smallest absolute Gasteiger partial charge is 0.322 e. The van der Waals surface area contributed by atoms with Gasteiger partial charge in [0.05, 0.1) is 12.1 Å². The molecule has 4 nitrogen and oxygen atoms in total. The lowest BCUT2D eigenvalue weighted by molar-refractivity contribution is -0.143. The van der Waals surface area contributed by atoms with Crippen molar-refractivity contribution in [2.24, 2.45) is 0 Å². The molecular weight excluding hydrogens is 284 g/mol. The lowest BCUT2D eigenvalue weighted by Crippen LogP contribution is -2.38. The summed E-state index contributed by atoms with van der Waals surface area (Å²) in [6.45, 7) is 2.91. The second-order valence-corrected chi connectivity index (χ2v) is 6.02. The maximum atomic E-state index is 11.7. The van der Waals surface area contributed by atoms with E-state index in [9.17, 15) is 4.79 Å². The minimum atomic E-state index is -0.216. The number of benzene rings is 1. The third kappa shape index (κ3) is 4.51. The first kappa shape index (κ1) is 15.9. The van der Waals surface area contributed by atoms with E-state index in [4.69, 9.17) is 4.74 Å². The van der Waals surface area contributed by atoms with Crippen LogP contribution < -0.4 is 5.32 Å². The number of ether oxygens (including phenoxy) is 1. The molecule has 0 fully saturated rings. The number of H-pyrrole nitrogens is 1. The Kier molecular flexibility index (Phi) is 6.14. The van der Waals surface area contributed by atoms with E-state index in [1.165, 1.54) is 12.5 Å². The molecular formula is C16H22N2O2S. The zero-order valence-electron chi connectivity index (χ0n) is 12.5. The van der Waals surface area contributed by atoms with Gasteiger partial charge < -0.3 is 15.0 Å². The fourth-order valence-corrected chi connectivity index (χ4v) is 3.14. The van der Waals surface area contributed by atoms with Gasteiger partial charge in [0.25, 0.3) is 0 Å². The molecule has 0 aliphatic heterocycles. The summed E-state index contributed by atoms with van der Waals surface area (Å²) >= 11 is 1.73. The molecule has 1 aromatic carbocycles. The standard InChI is InChI=1S/C16H22N2O2S/c1-3-9-17-14(16(19)20-2)8-10-21-15-11-12-6-4-5-7-13(12)18-15/h4-7,11,14,17-18H,3,8-10H2,1-2H3. The van der Waals surface area contributed by atoms with Crippen molar-refractivity contribution in [2.75, 3.05) is 19.4 Å². The SMILES string of the molecule is CCCNC(CCSc1cc2ccccc2[nH]1)C(=O)OC. The molecule has 0 saturated carbocycles. The van der Waals surface area contributed by atoms with E-state index in [1.807, 2.05) is 12.1 Å². The first-order valence-electron chi connectivity index (χ1n) is 7.26. The Hall–Kier alpha value is -1.46. The Morgan fingerprint density at radius 1 is 1.43 bits per heavy atom. The van der Waals surface area contributed by atoms with E-state index in [0.717, 1.165) is 35.7 Å². The summed E-state index contributed by atoms with van der Waals surface area (Å²) in [6.07, 6.45) is 1.76. The largest absolute Gasteiger partial charge is 0.468 e. The quantitative estimate of drug-likeness (QED) is 0.581. The zero-order chi connectivity index (χ0) is 15.1. The van der Waals surface area contributed by atoms with E-state index in [2.05, 4.69) is 35.4 Å². The van der Waals surface area contributed by atoms with Crippen molar-refractivity contribution in [3.05, 3.63) is 30.3 Å². The highest BCUT2D eigenvalue weighted by Gasteiger charge is 2.17. The molecule has 1 aromatic heterocycles. The van der Waals surface area contributed by atoms with Gasteiger partial charge in [-0.05, 0) is 31.5 Å². The van der Waals surface area contributed by atoms with Crippen molar-refractivity contribution >= 4 is 28.6 Å². The van der Waals surface area contributed by atoms with Gasteiger partial charge in [-0.15, -0.1) is 11.8 Å². The Morgan fingerprint density at radius 3 is 2.95 bits per heavy atom. The number of rotatable bonds is 8. The highest BCUT2D eigenvalue weighted by molar-refractivity contribution is 7.99. The topological polar surface area (TPSA) is 54.1 Å². The van der Waals surface area contributed by atoms with Crippen molar-refractivity contribution < 1.29 is 9.53 Å². The van der Waals surface area contributed by atoms with Crippen LogP contribution >= 0.6 is 11.8 Å². The van der Waals surface area contributed by atoms with Crippen LogP contribution in [-0.4, -0.2) is 36.4 Å². The number of carbonyl (C=O) groups excluding carboxylic acids is 1. The molecule has 0 amide bonds. The van der Waals surface area contributed by atoms with E-state index in [1.54, 1.807) is 11.8 Å². The Morgan fingerprint density at radius 2 is 2.24 bits per heavy atom.